The van der Waals surface area contributed by atoms with Crippen molar-refractivity contribution in [2.45, 2.75) is 192 Å². The third kappa shape index (κ3) is 13.8. The van der Waals surface area contributed by atoms with Crippen LogP contribution < -0.4 is 5.32 Å². The molecule has 0 radical (unpaired) electrons. The summed E-state index contributed by atoms with van der Waals surface area (Å²) in [6.07, 6.45) is -2.33. The number of hydrogen-bond acceptors (Lipinski definition) is 17. The predicted molar refractivity (Wildman–Crippen MR) is 270 cm³/mol. The van der Waals surface area contributed by atoms with E-state index in [1.54, 1.807) is 59.0 Å². The van der Waals surface area contributed by atoms with Gasteiger partial charge < -0.3 is 63.5 Å². The van der Waals surface area contributed by atoms with Crippen molar-refractivity contribution in [1.82, 2.24) is 25.2 Å². The lowest BCUT2D eigenvalue weighted by Crippen LogP contribution is -2.61. The molecule has 1 aromatic carbocycles. The lowest BCUT2D eigenvalue weighted by Gasteiger charge is -2.52. The Kier molecular flexibility index (Phi) is 21.3. The fraction of sp³-hybridized carbons (Fsp3) is 0.792. The van der Waals surface area contributed by atoms with Crippen LogP contribution in [-0.2, 0) is 47.6 Å². The predicted octanol–water partition coefficient (Wildman–Crippen LogP) is 5.36. The van der Waals surface area contributed by atoms with Gasteiger partial charge in [0.25, 0.3) is 0 Å². The Hall–Kier alpha value is -3.70. The van der Waals surface area contributed by atoms with Crippen LogP contribution in [0.5, 0.6) is 0 Å². The Morgan fingerprint density at radius 3 is 2.22 bits per heavy atom. The summed E-state index contributed by atoms with van der Waals surface area (Å²) in [7, 11) is 8.00. The molecule has 414 valence electrons. The first-order valence-corrected chi connectivity index (χ1v) is 25.9. The number of carbonyl (C=O) groups excluding carboxylic acids is 2. The average Bonchev–Trinajstić information content (AvgIpc) is 3.91. The first kappa shape index (κ1) is 60.2. The molecule has 0 spiro atoms. The van der Waals surface area contributed by atoms with Gasteiger partial charge in [-0.15, -0.1) is 5.10 Å². The molecule has 4 N–H and O–H groups in total. The number of rotatable bonds is 17. The fourth-order valence-corrected chi connectivity index (χ4v) is 11.9. The van der Waals surface area contributed by atoms with E-state index in [0.717, 1.165) is 5.69 Å². The van der Waals surface area contributed by atoms with E-state index in [9.17, 15) is 29.3 Å². The average molecular weight is 1040 g/mol. The van der Waals surface area contributed by atoms with Crippen LogP contribution in [0.4, 0.5) is 4.39 Å². The number of amides is 1. The van der Waals surface area contributed by atoms with Crippen LogP contribution in [-0.4, -0.2) is 179 Å². The lowest BCUT2D eigenvalue weighted by atomic mass is 9.67. The second-order valence-corrected chi connectivity index (χ2v) is 21.6. The van der Waals surface area contributed by atoms with E-state index in [1.807, 2.05) is 65.9 Å². The highest BCUT2D eigenvalue weighted by atomic mass is 19.1. The second kappa shape index (κ2) is 25.9. The molecule has 1 aromatic heterocycles. The normalized spacial score (nSPS) is 38.6. The van der Waals surface area contributed by atoms with E-state index in [-0.39, 0.29) is 43.7 Å². The van der Waals surface area contributed by atoms with E-state index < -0.39 is 114 Å². The Morgan fingerprint density at radius 2 is 1.64 bits per heavy atom. The molecule has 19 nitrogen and oxygen atoms in total. The fourth-order valence-electron chi connectivity index (χ4n) is 11.9. The number of carbonyl (C=O) groups is 2. The van der Waals surface area contributed by atoms with Crippen LogP contribution in [0.3, 0.4) is 0 Å². The Labute approximate surface area is 432 Å². The quantitative estimate of drug-likeness (QED) is 0.116. The number of aliphatic hydroxyl groups is 3. The monoisotopic (exact) mass is 1030 g/mol. The number of methoxy groups -OCH3 is 3. The number of benzene rings is 1. The van der Waals surface area contributed by atoms with E-state index in [1.165, 1.54) is 21.1 Å². The van der Waals surface area contributed by atoms with Crippen molar-refractivity contribution in [3.05, 3.63) is 42.2 Å². The maximum absolute atomic E-state index is 14.7. The minimum Gasteiger partial charge on any atom is -0.459 e. The summed E-state index contributed by atoms with van der Waals surface area (Å²) >= 11 is 0. The molecule has 2 aromatic rings. The third-order valence-corrected chi connectivity index (χ3v) is 16.4. The van der Waals surface area contributed by atoms with Gasteiger partial charge in [-0.25, -0.2) is 9.07 Å². The summed E-state index contributed by atoms with van der Waals surface area (Å²) in [5.41, 5.74) is -2.15. The molecule has 1 unspecified atom stereocenters. The van der Waals surface area contributed by atoms with E-state index in [0.29, 0.717) is 30.7 Å². The molecular weight excluding hydrogens is 948 g/mol. The van der Waals surface area contributed by atoms with Crippen LogP contribution in [0.1, 0.15) is 119 Å². The zero-order valence-corrected chi connectivity index (χ0v) is 45.9. The number of oxime groups is 1. The maximum atomic E-state index is 14.7. The number of nitrogens with one attached hydrogen (secondary N) is 1. The van der Waals surface area contributed by atoms with Crippen molar-refractivity contribution in [1.29, 1.82) is 0 Å². The SMILES string of the molecule is CC[C@H]1OC(=O)[C@H](C)C([C@H]2C[C@@](C)(OC)[C@@H](O)[C@H](C)O2)[C@H](C)[C@@H](O[C@H]2C[C@@H](N(C)CCC(=O)N[C@H](CF)[C@H](OC)c3ccc(-n4ccnn4)cc3)C[C@@H](C)O2)[C@](C)(OC)C[C@@H](C)/C(=N\OC)[C@H](C)[C@@H](O)[C@]1(C)O. The number of esters is 1. The molecule has 5 rings (SSSR count). The minimum absolute atomic E-state index is 0.0859. The van der Waals surface area contributed by atoms with Crippen molar-refractivity contribution in [2.24, 2.45) is 34.7 Å². The van der Waals surface area contributed by atoms with Crippen molar-refractivity contribution in [3.63, 3.8) is 0 Å². The number of ether oxygens (including phenoxy) is 7. The zero-order valence-electron chi connectivity index (χ0n) is 45.9. The highest BCUT2D eigenvalue weighted by Gasteiger charge is 2.55. The summed E-state index contributed by atoms with van der Waals surface area (Å²) in [5, 5.41) is 50.5. The number of alkyl halides is 1. The van der Waals surface area contributed by atoms with E-state index >= 15 is 0 Å². The first-order chi connectivity index (χ1) is 34.4. The molecule has 1 amide bonds. The highest BCUT2D eigenvalue weighted by molar-refractivity contribution is 5.88. The summed E-state index contributed by atoms with van der Waals surface area (Å²) in [4.78, 5) is 35.7. The molecular formula is C53H87FN6O13. The highest BCUT2D eigenvalue weighted by Crippen LogP contribution is 2.46. The zero-order chi connectivity index (χ0) is 54.2. The molecule has 0 bridgehead atoms. The van der Waals surface area contributed by atoms with Gasteiger partial charge in [0.2, 0.25) is 5.91 Å². The van der Waals surface area contributed by atoms with Gasteiger partial charge in [0.05, 0.1) is 77.5 Å². The number of nitrogens with zero attached hydrogens (tertiary/aromatic N) is 5. The van der Waals surface area contributed by atoms with Gasteiger partial charge in [-0.05, 0) is 84.5 Å². The second-order valence-electron chi connectivity index (χ2n) is 21.6. The van der Waals surface area contributed by atoms with Gasteiger partial charge in [0.15, 0.2) is 6.29 Å². The smallest absolute Gasteiger partial charge is 0.309 e. The van der Waals surface area contributed by atoms with Crippen molar-refractivity contribution in [3.8, 4) is 5.69 Å². The molecule has 3 fully saturated rings. The van der Waals surface area contributed by atoms with Crippen LogP contribution in [0.2, 0.25) is 0 Å². The van der Waals surface area contributed by atoms with Crippen LogP contribution >= 0.6 is 0 Å². The van der Waals surface area contributed by atoms with Crippen LogP contribution in [0.25, 0.3) is 5.69 Å². The van der Waals surface area contributed by atoms with Gasteiger partial charge in [-0.3, -0.25) is 9.59 Å². The van der Waals surface area contributed by atoms with Crippen LogP contribution in [0.15, 0.2) is 41.8 Å². The Balaban J connectivity index is 1.45. The molecule has 3 saturated heterocycles. The number of hydrogen-bond donors (Lipinski definition) is 4. The maximum Gasteiger partial charge on any atom is 0.309 e. The molecule has 0 saturated carbocycles. The summed E-state index contributed by atoms with van der Waals surface area (Å²) in [6, 6.07) is 6.24. The summed E-state index contributed by atoms with van der Waals surface area (Å²) in [5.74, 6) is -4.19. The number of cyclic esters (lactones) is 1. The number of aromatic nitrogens is 3. The van der Waals surface area contributed by atoms with Gasteiger partial charge in [0, 0.05) is 70.9 Å². The molecule has 3 aliphatic rings. The van der Waals surface area contributed by atoms with Gasteiger partial charge in [0.1, 0.15) is 37.7 Å². The molecule has 0 aliphatic carbocycles. The van der Waals surface area contributed by atoms with E-state index in [2.05, 4.69) is 25.7 Å². The summed E-state index contributed by atoms with van der Waals surface area (Å²) < 4.78 is 61.4. The molecule has 73 heavy (non-hydrogen) atoms. The first-order valence-electron chi connectivity index (χ1n) is 25.9. The van der Waals surface area contributed by atoms with E-state index in [4.69, 9.17) is 38.0 Å². The summed E-state index contributed by atoms with van der Waals surface area (Å²) in [6.45, 7) is 17.8. The minimum atomic E-state index is -1.89. The number of halogens is 1. The van der Waals surface area contributed by atoms with Gasteiger partial charge in [-0.2, -0.15) is 0 Å². The van der Waals surface area contributed by atoms with Crippen molar-refractivity contribution in [2.75, 3.05) is 48.7 Å². The third-order valence-electron chi connectivity index (χ3n) is 16.4. The standard InChI is InChI=1S/C53H87FN6O13/c1-16-41-53(10,65)47(62)34(6)45(57-69-15)30(2)27-52(9,68-14)49(32(4)44(33(5)50(64)72-41)40-28-51(8,67-13)48(63)35(7)71-40)73-43-26-38(25-31(3)70-43)59(11)23-21-42(61)56-39(29-54)46(66-12)36-17-19-37(20-18-36)60-24-22-55-58-60/h17-20,22,24,30-35,38-41,43-44,46-49,62-63,65H,16,21,23,25-29H2,1-15H3,(H,56,61)/b57-45+/t30-,31-,32+,33-,34+,35+,38+,39-,40-,41-,43+,44?,46-,47-,48+,49-,51-,52-,53-/m1/s1. The molecule has 4 heterocycles. The van der Waals surface area contributed by atoms with Gasteiger partial charge in [-0.1, -0.05) is 57.1 Å². The van der Waals surface area contributed by atoms with Crippen molar-refractivity contribution >= 4 is 17.6 Å². The lowest BCUT2D eigenvalue weighted by molar-refractivity contribution is -0.278. The topological polar surface area (TPSA) is 227 Å². The molecule has 19 atom stereocenters. The largest absolute Gasteiger partial charge is 0.459 e. The van der Waals surface area contributed by atoms with Crippen LogP contribution in [0, 0.1) is 29.6 Å². The van der Waals surface area contributed by atoms with Gasteiger partial charge >= 0.3 is 5.97 Å². The molecule has 3 aliphatic heterocycles. The molecule has 20 heteroatoms. The Morgan fingerprint density at radius 1 is 0.973 bits per heavy atom. The Bertz CT molecular complexity index is 2070. The van der Waals surface area contributed by atoms with Crippen molar-refractivity contribution < 1.29 is 67.3 Å². The number of aliphatic hydroxyl groups excluding tert-OH is 2.